The summed E-state index contributed by atoms with van der Waals surface area (Å²) in [6.07, 6.45) is 7.06. The second-order valence-corrected chi connectivity index (χ2v) is 8.51. The van der Waals surface area contributed by atoms with Gasteiger partial charge in [0.1, 0.15) is 0 Å². The van der Waals surface area contributed by atoms with E-state index >= 15 is 0 Å². The molecule has 4 heteroatoms. The summed E-state index contributed by atoms with van der Waals surface area (Å²) in [5, 5.41) is 4.50. The van der Waals surface area contributed by atoms with E-state index in [1.54, 1.807) is 0 Å². The Hall–Kier alpha value is -1.65. The molecule has 26 heavy (non-hydrogen) atoms. The Morgan fingerprint density at radius 3 is 2.54 bits per heavy atom. The zero-order valence-corrected chi connectivity index (χ0v) is 16.0. The van der Waals surface area contributed by atoms with Gasteiger partial charge in [-0.25, -0.2) is 0 Å². The molecule has 4 aliphatic rings. The molecule has 4 saturated heterocycles. The monoisotopic (exact) mass is 350 g/mol. The highest BCUT2D eigenvalue weighted by Gasteiger charge is 2.53. The van der Waals surface area contributed by atoms with Crippen LogP contribution in [0.3, 0.4) is 0 Å². The minimum atomic E-state index is 0.643. The van der Waals surface area contributed by atoms with Crippen molar-refractivity contribution in [3.63, 3.8) is 0 Å². The van der Waals surface area contributed by atoms with Crippen LogP contribution < -0.4 is 0 Å². The van der Waals surface area contributed by atoms with Gasteiger partial charge in [-0.3, -0.25) is 14.5 Å². The average Bonchev–Trinajstić information content (AvgIpc) is 3.30. The number of hydrogen-bond donors (Lipinski definition) is 0. The minimum absolute atomic E-state index is 0.643. The maximum atomic E-state index is 4.50. The van der Waals surface area contributed by atoms with Crippen LogP contribution in [0.2, 0.25) is 0 Å². The zero-order valence-electron chi connectivity index (χ0n) is 16.0. The lowest BCUT2D eigenvalue weighted by molar-refractivity contribution is -0.00869. The molecular formula is C22H30N4. The Bertz CT molecular complexity index is 757. The highest BCUT2D eigenvalue weighted by molar-refractivity contribution is 5.30. The van der Waals surface area contributed by atoms with Gasteiger partial charge in [0.25, 0.3) is 0 Å². The van der Waals surface area contributed by atoms with Gasteiger partial charge in [0.15, 0.2) is 0 Å². The standard InChI is InChI=1S/C22H30N4/c1-3-26-14-17(12-23-26)13-25-15-20(18-6-4-16(2)5-7-18)22-21(25)19-8-10-24(22)11-9-19/h4-7,12,14,19-22H,3,8-11,13,15H2,1-2H3/t20-,21-,22-/m1/s1. The highest BCUT2D eigenvalue weighted by atomic mass is 15.3. The van der Waals surface area contributed by atoms with Crippen molar-refractivity contribution < 1.29 is 0 Å². The molecule has 138 valence electrons. The van der Waals surface area contributed by atoms with Crippen LogP contribution in [-0.2, 0) is 13.1 Å². The molecule has 5 heterocycles. The second-order valence-electron chi connectivity index (χ2n) is 8.51. The van der Waals surface area contributed by atoms with Crippen molar-refractivity contribution >= 4 is 0 Å². The summed E-state index contributed by atoms with van der Waals surface area (Å²) in [5.74, 6) is 1.52. The number of benzene rings is 1. The van der Waals surface area contributed by atoms with E-state index in [2.05, 4.69) is 70.1 Å². The van der Waals surface area contributed by atoms with Crippen LogP contribution >= 0.6 is 0 Å². The molecule has 0 amide bonds. The molecule has 2 bridgehead atoms. The van der Waals surface area contributed by atoms with Crippen LogP contribution in [0.5, 0.6) is 0 Å². The third-order valence-corrected chi connectivity index (χ3v) is 7.00. The molecule has 4 fully saturated rings. The summed E-state index contributed by atoms with van der Waals surface area (Å²) >= 11 is 0. The molecule has 0 unspecified atom stereocenters. The second kappa shape index (κ2) is 6.50. The van der Waals surface area contributed by atoms with Crippen molar-refractivity contribution in [3.05, 3.63) is 53.3 Å². The topological polar surface area (TPSA) is 24.3 Å². The maximum absolute atomic E-state index is 4.50. The molecule has 2 aromatic rings. The molecule has 0 radical (unpaired) electrons. The van der Waals surface area contributed by atoms with E-state index in [0.717, 1.165) is 19.0 Å². The van der Waals surface area contributed by atoms with E-state index in [1.165, 1.54) is 49.2 Å². The van der Waals surface area contributed by atoms with Crippen LogP contribution in [0.15, 0.2) is 36.7 Å². The number of fused-ring (bicyclic) bond motifs is 2. The Morgan fingerprint density at radius 1 is 1.08 bits per heavy atom. The fraction of sp³-hybridized carbons (Fsp3) is 0.591. The van der Waals surface area contributed by atoms with Gasteiger partial charge in [0.2, 0.25) is 0 Å². The first-order valence-corrected chi connectivity index (χ1v) is 10.3. The molecule has 0 spiro atoms. The molecule has 0 N–H and O–H groups in total. The van der Waals surface area contributed by atoms with Crippen molar-refractivity contribution in [3.8, 4) is 0 Å². The van der Waals surface area contributed by atoms with Crippen LogP contribution in [0.1, 0.15) is 42.4 Å². The number of nitrogens with zero attached hydrogens (tertiary/aromatic N) is 4. The Morgan fingerprint density at radius 2 is 1.85 bits per heavy atom. The summed E-state index contributed by atoms with van der Waals surface area (Å²) in [7, 11) is 0. The van der Waals surface area contributed by atoms with E-state index in [0.29, 0.717) is 18.0 Å². The van der Waals surface area contributed by atoms with Gasteiger partial charge in [-0.15, -0.1) is 0 Å². The first kappa shape index (κ1) is 16.5. The number of hydrogen-bond acceptors (Lipinski definition) is 3. The molecule has 4 aliphatic heterocycles. The van der Waals surface area contributed by atoms with Crippen LogP contribution in [-0.4, -0.2) is 51.3 Å². The Labute approximate surface area is 156 Å². The lowest BCUT2D eigenvalue weighted by Crippen LogP contribution is -2.59. The number of likely N-dealkylation sites (tertiary alicyclic amines) is 1. The number of piperidine rings is 3. The van der Waals surface area contributed by atoms with Gasteiger partial charge in [-0.1, -0.05) is 29.8 Å². The van der Waals surface area contributed by atoms with Crippen molar-refractivity contribution in [1.82, 2.24) is 19.6 Å². The van der Waals surface area contributed by atoms with Crippen LogP contribution in [0, 0.1) is 12.8 Å². The first-order chi connectivity index (χ1) is 12.7. The molecule has 6 rings (SSSR count). The average molecular weight is 351 g/mol. The molecular weight excluding hydrogens is 320 g/mol. The van der Waals surface area contributed by atoms with Gasteiger partial charge < -0.3 is 0 Å². The fourth-order valence-corrected chi connectivity index (χ4v) is 5.72. The highest BCUT2D eigenvalue weighted by Crippen LogP contribution is 2.46. The maximum Gasteiger partial charge on any atom is 0.0534 e. The quantitative estimate of drug-likeness (QED) is 0.846. The SMILES string of the molecule is CCn1cc(CN2C[C@H](c3ccc(C)cc3)[C@@H]3[C@H]2C2CCN3CC2)cn1. The summed E-state index contributed by atoms with van der Waals surface area (Å²) in [5.41, 5.74) is 4.26. The third kappa shape index (κ3) is 2.71. The zero-order chi connectivity index (χ0) is 17.7. The normalized spacial score (nSPS) is 33.5. The Kier molecular flexibility index (Phi) is 4.13. The lowest BCUT2D eigenvalue weighted by atomic mass is 9.75. The largest absolute Gasteiger partial charge is 0.298 e. The van der Waals surface area contributed by atoms with Crippen LogP contribution in [0.4, 0.5) is 0 Å². The molecule has 0 saturated carbocycles. The predicted molar refractivity (Wildman–Crippen MR) is 104 cm³/mol. The van der Waals surface area contributed by atoms with Crippen molar-refractivity contribution in [2.45, 2.75) is 57.8 Å². The minimum Gasteiger partial charge on any atom is -0.298 e. The van der Waals surface area contributed by atoms with Crippen LogP contribution in [0.25, 0.3) is 0 Å². The fourth-order valence-electron chi connectivity index (χ4n) is 5.72. The number of aromatic nitrogens is 2. The van der Waals surface area contributed by atoms with Crippen molar-refractivity contribution in [2.75, 3.05) is 19.6 Å². The van der Waals surface area contributed by atoms with E-state index in [9.17, 15) is 0 Å². The number of aryl methyl sites for hydroxylation is 2. The number of rotatable bonds is 4. The smallest absolute Gasteiger partial charge is 0.0534 e. The van der Waals surface area contributed by atoms with Crippen molar-refractivity contribution in [2.24, 2.45) is 5.92 Å². The molecule has 3 atom stereocenters. The third-order valence-electron chi connectivity index (χ3n) is 7.00. The van der Waals surface area contributed by atoms with Gasteiger partial charge in [-0.2, -0.15) is 5.10 Å². The first-order valence-electron chi connectivity index (χ1n) is 10.3. The Balaban J connectivity index is 1.45. The summed E-state index contributed by atoms with van der Waals surface area (Å²) in [6, 6.07) is 10.7. The molecule has 1 aromatic heterocycles. The van der Waals surface area contributed by atoms with Gasteiger partial charge in [-0.05, 0) is 51.3 Å². The van der Waals surface area contributed by atoms with Gasteiger partial charge in [0.05, 0.1) is 6.20 Å². The summed E-state index contributed by atoms with van der Waals surface area (Å²) in [4.78, 5) is 5.58. The summed E-state index contributed by atoms with van der Waals surface area (Å²) in [6.45, 7) is 10.1. The van der Waals surface area contributed by atoms with E-state index in [-0.39, 0.29) is 0 Å². The predicted octanol–water partition coefficient (Wildman–Crippen LogP) is 3.27. The van der Waals surface area contributed by atoms with E-state index in [4.69, 9.17) is 0 Å². The molecule has 4 nitrogen and oxygen atoms in total. The molecule has 1 aromatic carbocycles. The van der Waals surface area contributed by atoms with Gasteiger partial charge in [0, 0.05) is 49.4 Å². The van der Waals surface area contributed by atoms with Gasteiger partial charge >= 0.3 is 0 Å². The summed E-state index contributed by atoms with van der Waals surface area (Å²) < 4.78 is 2.05. The van der Waals surface area contributed by atoms with E-state index < -0.39 is 0 Å². The molecule has 0 aliphatic carbocycles. The van der Waals surface area contributed by atoms with E-state index in [1.807, 2.05) is 0 Å². The van der Waals surface area contributed by atoms with Crippen molar-refractivity contribution in [1.29, 1.82) is 0 Å². The lowest BCUT2D eigenvalue weighted by Gasteiger charge is -2.51.